The maximum atomic E-state index is 11.7. The largest absolute Gasteiger partial charge is 0.491 e. The molecule has 2 aromatic rings. The van der Waals surface area contributed by atoms with E-state index in [-0.39, 0.29) is 5.91 Å². The van der Waals surface area contributed by atoms with E-state index in [1.54, 1.807) is 4.90 Å². The Balaban J connectivity index is 1.66. The lowest BCUT2D eigenvalue weighted by Gasteiger charge is -2.28. The zero-order valence-electron chi connectivity index (χ0n) is 21.9. The van der Waals surface area contributed by atoms with Crippen LogP contribution >= 0.6 is 11.6 Å². The van der Waals surface area contributed by atoms with Gasteiger partial charge in [-0.25, -0.2) is 0 Å². The molecule has 5 heteroatoms. The van der Waals surface area contributed by atoms with Crippen LogP contribution < -0.4 is 9.64 Å². The van der Waals surface area contributed by atoms with Gasteiger partial charge in [-0.1, -0.05) is 56.2 Å². The molecule has 1 aliphatic rings. The number of amides is 1. The van der Waals surface area contributed by atoms with E-state index in [1.165, 1.54) is 22.4 Å². The van der Waals surface area contributed by atoms with E-state index in [0.29, 0.717) is 25.5 Å². The monoisotopic (exact) mass is 496 g/mol. The van der Waals surface area contributed by atoms with Gasteiger partial charge in [-0.05, 0) is 73.6 Å². The second kappa shape index (κ2) is 13.6. The van der Waals surface area contributed by atoms with Gasteiger partial charge in [-0.3, -0.25) is 4.79 Å². The van der Waals surface area contributed by atoms with E-state index in [1.807, 2.05) is 20.0 Å². The summed E-state index contributed by atoms with van der Waals surface area (Å²) in [6.45, 7) is 9.56. The average molecular weight is 497 g/mol. The zero-order chi connectivity index (χ0) is 25.2. The standard InChI is InChI=1S/C30H41ClN2O2/c1-5-12-24-20-26(31)14-15-27(24)25-21-33(28-19-23(3)13-16-29(28)35-22-25)18-11-9-7-8-10-17-32(4)30(34)6-2/h8,10,13-16,19-20,25H,5-7,9,11-12,17-18,21-22H2,1-4H3/b10-8+. The Kier molecular flexibility index (Phi) is 10.5. The van der Waals surface area contributed by atoms with Crippen molar-refractivity contribution in [2.75, 3.05) is 38.2 Å². The molecule has 1 unspecified atom stereocenters. The summed E-state index contributed by atoms with van der Waals surface area (Å²) in [6, 6.07) is 12.9. The predicted molar refractivity (Wildman–Crippen MR) is 148 cm³/mol. The van der Waals surface area contributed by atoms with Crippen LogP contribution in [0.25, 0.3) is 0 Å². The molecule has 190 valence electrons. The van der Waals surface area contributed by atoms with Gasteiger partial charge < -0.3 is 14.5 Å². The molecule has 4 nitrogen and oxygen atoms in total. The number of unbranched alkanes of at least 4 members (excludes halogenated alkanes) is 2. The molecule has 1 atom stereocenters. The summed E-state index contributed by atoms with van der Waals surface area (Å²) in [6.07, 6.45) is 10.3. The van der Waals surface area contributed by atoms with Crippen LogP contribution in [0.2, 0.25) is 5.02 Å². The summed E-state index contributed by atoms with van der Waals surface area (Å²) >= 11 is 6.34. The number of likely N-dealkylation sites (N-methyl/N-ethyl adjacent to an activating group) is 1. The van der Waals surface area contributed by atoms with Crippen LogP contribution in [-0.2, 0) is 11.2 Å². The number of nitrogens with zero attached hydrogens (tertiary/aromatic N) is 2. The average Bonchev–Trinajstić information content (AvgIpc) is 3.02. The first-order chi connectivity index (χ1) is 16.9. The highest BCUT2D eigenvalue weighted by molar-refractivity contribution is 6.30. The molecule has 0 bridgehead atoms. The molecular formula is C30H41ClN2O2. The van der Waals surface area contributed by atoms with E-state index in [0.717, 1.165) is 56.0 Å². The maximum absolute atomic E-state index is 11.7. The number of benzene rings is 2. The fourth-order valence-electron chi connectivity index (χ4n) is 4.75. The molecule has 0 aromatic heterocycles. The van der Waals surface area contributed by atoms with Crippen LogP contribution in [0.4, 0.5) is 5.69 Å². The van der Waals surface area contributed by atoms with Gasteiger partial charge in [0, 0.05) is 44.0 Å². The van der Waals surface area contributed by atoms with E-state index < -0.39 is 0 Å². The smallest absolute Gasteiger partial charge is 0.222 e. The first-order valence-corrected chi connectivity index (χ1v) is 13.5. The van der Waals surface area contributed by atoms with Crippen molar-refractivity contribution in [2.45, 2.75) is 65.2 Å². The van der Waals surface area contributed by atoms with Crippen LogP contribution in [0.1, 0.15) is 68.6 Å². The quantitative estimate of drug-likeness (QED) is 0.244. The van der Waals surface area contributed by atoms with Crippen molar-refractivity contribution in [3.05, 3.63) is 70.3 Å². The lowest BCUT2D eigenvalue weighted by atomic mass is 9.92. The van der Waals surface area contributed by atoms with Crippen LogP contribution in [0.5, 0.6) is 5.75 Å². The second-order valence-corrected chi connectivity index (χ2v) is 10.0. The number of anilines is 1. The topological polar surface area (TPSA) is 32.8 Å². The minimum atomic E-state index is 0.185. The number of carbonyl (C=O) groups excluding carboxylic acids is 1. The van der Waals surface area contributed by atoms with Gasteiger partial charge in [0.25, 0.3) is 0 Å². The fourth-order valence-corrected chi connectivity index (χ4v) is 4.94. The number of carbonyl (C=O) groups is 1. The Labute approximate surface area is 216 Å². The summed E-state index contributed by atoms with van der Waals surface area (Å²) in [5.41, 5.74) is 5.16. The summed E-state index contributed by atoms with van der Waals surface area (Å²) in [4.78, 5) is 16.0. The number of rotatable bonds is 11. The van der Waals surface area contributed by atoms with Crippen LogP contribution in [0.3, 0.4) is 0 Å². The fraction of sp³-hybridized carbons (Fsp3) is 0.500. The van der Waals surface area contributed by atoms with Crippen molar-refractivity contribution in [3.63, 3.8) is 0 Å². The summed E-state index contributed by atoms with van der Waals surface area (Å²) < 4.78 is 6.36. The van der Waals surface area contributed by atoms with E-state index >= 15 is 0 Å². The first kappa shape index (κ1) is 27.1. The van der Waals surface area contributed by atoms with E-state index in [2.05, 4.69) is 61.2 Å². The van der Waals surface area contributed by atoms with Crippen molar-refractivity contribution in [3.8, 4) is 5.75 Å². The maximum Gasteiger partial charge on any atom is 0.222 e. The molecule has 3 rings (SSSR count). The van der Waals surface area contributed by atoms with Crippen LogP contribution in [-0.4, -0.2) is 44.1 Å². The first-order valence-electron chi connectivity index (χ1n) is 13.1. The molecule has 1 aliphatic heterocycles. The zero-order valence-corrected chi connectivity index (χ0v) is 22.6. The summed E-state index contributed by atoms with van der Waals surface area (Å²) in [7, 11) is 1.86. The highest BCUT2D eigenvalue weighted by Gasteiger charge is 2.25. The SMILES string of the molecule is CCCc1cc(Cl)ccc1C1COc2ccc(C)cc2N(CCCC/C=C/CN(C)C(=O)CC)C1. The predicted octanol–water partition coefficient (Wildman–Crippen LogP) is 7.18. The molecule has 0 spiro atoms. The molecule has 0 N–H and O–H groups in total. The molecule has 1 heterocycles. The molecule has 0 aliphatic carbocycles. The molecule has 0 saturated heterocycles. The van der Waals surface area contributed by atoms with Crippen LogP contribution in [0, 0.1) is 6.92 Å². The number of allylic oxidation sites excluding steroid dienone is 1. The molecule has 2 aromatic carbocycles. The van der Waals surface area contributed by atoms with Crippen molar-refractivity contribution in [1.29, 1.82) is 0 Å². The number of aryl methyl sites for hydroxylation is 2. The Hall–Kier alpha value is -2.46. The Bertz CT molecular complexity index is 1000. The third-order valence-electron chi connectivity index (χ3n) is 6.72. The highest BCUT2D eigenvalue weighted by atomic mass is 35.5. The van der Waals surface area contributed by atoms with Gasteiger partial charge in [0.15, 0.2) is 0 Å². The van der Waals surface area contributed by atoms with E-state index in [9.17, 15) is 4.79 Å². The molecule has 0 radical (unpaired) electrons. The molecule has 0 fully saturated rings. The Morgan fingerprint density at radius 1 is 1.17 bits per heavy atom. The summed E-state index contributed by atoms with van der Waals surface area (Å²) in [5, 5.41) is 0.806. The van der Waals surface area contributed by atoms with Gasteiger partial charge in [0.05, 0.1) is 12.3 Å². The van der Waals surface area contributed by atoms with Gasteiger partial charge in [0.1, 0.15) is 5.75 Å². The van der Waals surface area contributed by atoms with Crippen molar-refractivity contribution in [2.24, 2.45) is 0 Å². The van der Waals surface area contributed by atoms with E-state index in [4.69, 9.17) is 16.3 Å². The number of fused-ring (bicyclic) bond motifs is 1. The van der Waals surface area contributed by atoms with Crippen molar-refractivity contribution < 1.29 is 9.53 Å². The normalized spacial score (nSPS) is 15.6. The lowest BCUT2D eigenvalue weighted by molar-refractivity contribution is -0.129. The minimum absolute atomic E-state index is 0.185. The van der Waals surface area contributed by atoms with Crippen molar-refractivity contribution in [1.82, 2.24) is 4.90 Å². The number of hydrogen-bond donors (Lipinski definition) is 0. The Morgan fingerprint density at radius 3 is 2.77 bits per heavy atom. The van der Waals surface area contributed by atoms with Crippen molar-refractivity contribution >= 4 is 23.2 Å². The van der Waals surface area contributed by atoms with Gasteiger partial charge in [-0.15, -0.1) is 0 Å². The lowest BCUT2D eigenvalue weighted by Crippen LogP contribution is -2.30. The number of hydrogen-bond acceptors (Lipinski definition) is 3. The van der Waals surface area contributed by atoms with Gasteiger partial charge >= 0.3 is 0 Å². The molecule has 0 saturated carbocycles. The molecular weight excluding hydrogens is 456 g/mol. The second-order valence-electron chi connectivity index (χ2n) is 9.61. The number of halogens is 1. The third kappa shape index (κ3) is 7.76. The van der Waals surface area contributed by atoms with Gasteiger partial charge in [0.2, 0.25) is 5.91 Å². The highest BCUT2D eigenvalue weighted by Crippen LogP contribution is 2.37. The van der Waals surface area contributed by atoms with Crippen LogP contribution in [0.15, 0.2) is 48.6 Å². The third-order valence-corrected chi connectivity index (χ3v) is 6.96. The Morgan fingerprint density at radius 2 is 2.00 bits per heavy atom. The minimum Gasteiger partial charge on any atom is -0.491 e. The summed E-state index contributed by atoms with van der Waals surface area (Å²) in [5.74, 6) is 1.46. The van der Waals surface area contributed by atoms with Gasteiger partial charge in [-0.2, -0.15) is 0 Å². The molecule has 1 amide bonds. The molecule has 35 heavy (non-hydrogen) atoms. The number of ether oxygens (including phenoxy) is 1.